The molecule has 5 nitrogen and oxygen atoms in total. The van der Waals surface area contributed by atoms with Crippen LogP contribution in [0, 0.1) is 0 Å². The van der Waals surface area contributed by atoms with Crippen molar-refractivity contribution in [3.05, 3.63) is 88.4 Å². The predicted octanol–water partition coefficient (Wildman–Crippen LogP) is 5.68. The normalized spacial score (nSPS) is 18.2. The summed E-state index contributed by atoms with van der Waals surface area (Å²) in [6.07, 6.45) is 2.94. The Morgan fingerprint density at radius 3 is 2.61 bits per heavy atom. The van der Waals surface area contributed by atoms with E-state index in [-0.39, 0.29) is 0 Å². The first kappa shape index (κ1) is 25.2. The van der Waals surface area contributed by atoms with Crippen LogP contribution in [0.25, 0.3) is 0 Å². The minimum Gasteiger partial charge on any atom is -0.492 e. The van der Waals surface area contributed by atoms with E-state index in [4.69, 9.17) is 21.4 Å². The summed E-state index contributed by atoms with van der Waals surface area (Å²) >= 11 is 8.32. The molecule has 7 heteroatoms. The molecular weight excluding hydrogens is 488 g/mol. The van der Waals surface area contributed by atoms with Crippen molar-refractivity contribution in [2.75, 3.05) is 53.4 Å². The van der Waals surface area contributed by atoms with Crippen LogP contribution >= 0.6 is 23.4 Å². The summed E-state index contributed by atoms with van der Waals surface area (Å²) in [6, 6.07) is 23.5. The van der Waals surface area contributed by atoms with Gasteiger partial charge in [0.25, 0.3) is 0 Å². The third-order valence-corrected chi connectivity index (χ3v) is 8.19. The number of hydrogen-bond acceptors (Lipinski definition) is 6. The van der Waals surface area contributed by atoms with Gasteiger partial charge < -0.3 is 9.64 Å². The third-order valence-electron chi connectivity index (χ3n) is 6.74. The largest absolute Gasteiger partial charge is 0.492 e. The standard InChI is InChI=1S/C29H33ClN4OS/c1-32(2)17-18-35-27-9-5-3-8-23(27)21-31-34-15-13-33(14-16-34)26-19-22-7-4-6-10-28(22)36-29-12-11-24(30)20-25(26)29/h3-12,20-21,26H,13-19H2,1-2H3. The van der Waals surface area contributed by atoms with E-state index in [0.29, 0.717) is 12.6 Å². The Balaban J connectivity index is 1.27. The molecule has 0 aromatic heterocycles. The molecule has 188 valence electrons. The molecule has 2 aliphatic rings. The number of nitrogens with zero attached hydrogens (tertiary/aromatic N) is 4. The Morgan fingerprint density at radius 2 is 1.78 bits per heavy atom. The van der Waals surface area contributed by atoms with E-state index in [1.54, 1.807) is 0 Å². The van der Waals surface area contributed by atoms with Crippen molar-refractivity contribution in [1.82, 2.24) is 14.8 Å². The maximum absolute atomic E-state index is 6.46. The molecule has 0 radical (unpaired) electrons. The molecular formula is C29H33ClN4OS. The number of likely N-dealkylation sites (N-methyl/N-ethyl adjacent to an activating group) is 1. The van der Waals surface area contributed by atoms with Gasteiger partial charge in [-0.15, -0.1) is 0 Å². The topological polar surface area (TPSA) is 31.3 Å². The van der Waals surface area contributed by atoms with Crippen molar-refractivity contribution in [1.29, 1.82) is 0 Å². The van der Waals surface area contributed by atoms with Crippen LogP contribution in [0.1, 0.15) is 22.7 Å². The smallest absolute Gasteiger partial charge is 0.128 e. The fourth-order valence-corrected chi connectivity index (χ4v) is 6.04. The lowest BCUT2D eigenvalue weighted by molar-refractivity contribution is 0.0970. The second-order valence-electron chi connectivity index (χ2n) is 9.54. The lowest BCUT2D eigenvalue weighted by Gasteiger charge is -2.38. The van der Waals surface area contributed by atoms with Gasteiger partial charge in [0, 0.05) is 59.1 Å². The summed E-state index contributed by atoms with van der Waals surface area (Å²) in [4.78, 5) is 7.37. The van der Waals surface area contributed by atoms with Gasteiger partial charge in [0.05, 0.1) is 6.21 Å². The van der Waals surface area contributed by atoms with Gasteiger partial charge in [-0.3, -0.25) is 9.91 Å². The third kappa shape index (κ3) is 6.06. The molecule has 2 aliphatic heterocycles. The Hall–Kier alpha value is -2.51. The molecule has 0 N–H and O–H groups in total. The van der Waals surface area contributed by atoms with E-state index in [1.807, 2.05) is 42.2 Å². The van der Waals surface area contributed by atoms with Gasteiger partial charge in [0.1, 0.15) is 12.4 Å². The number of ether oxygens (including phenoxy) is 1. The van der Waals surface area contributed by atoms with Crippen LogP contribution in [0.2, 0.25) is 5.02 Å². The molecule has 36 heavy (non-hydrogen) atoms. The van der Waals surface area contributed by atoms with Crippen LogP contribution in [-0.4, -0.2) is 74.4 Å². The molecule has 1 atom stereocenters. The average Bonchev–Trinajstić information content (AvgIpc) is 3.05. The Labute approximate surface area is 223 Å². The summed E-state index contributed by atoms with van der Waals surface area (Å²) in [5, 5.41) is 7.79. The van der Waals surface area contributed by atoms with Crippen molar-refractivity contribution in [3.8, 4) is 5.75 Å². The van der Waals surface area contributed by atoms with Crippen molar-refractivity contribution in [3.63, 3.8) is 0 Å². The molecule has 5 rings (SSSR count). The first-order valence-corrected chi connectivity index (χ1v) is 13.7. The number of benzene rings is 3. The van der Waals surface area contributed by atoms with Crippen LogP contribution < -0.4 is 4.74 Å². The quantitative estimate of drug-likeness (QED) is 0.374. The van der Waals surface area contributed by atoms with Crippen molar-refractivity contribution in [2.24, 2.45) is 5.10 Å². The number of hydrogen-bond donors (Lipinski definition) is 0. The minimum atomic E-state index is 0.312. The summed E-state index contributed by atoms with van der Waals surface area (Å²) in [6.45, 7) is 5.24. The van der Waals surface area contributed by atoms with Gasteiger partial charge >= 0.3 is 0 Å². The van der Waals surface area contributed by atoms with E-state index < -0.39 is 0 Å². The van der Waals surface area contributed by atoms with Gasteiger partial charge in [0.2, 0.25) is 0 Å². The summed E-state index contributed by atoms with van der Waals surface area (Å²) in [5.41, 5.74) is 3.76. The SMILES string of the molecule is CN(C)CCOc1ccccc1C=NN1CCN(C2Cc3ccccc3Sc3ccc(Cl)cc32)CC1. The molecule has 0 bridgehead atoms. The van der Waals surface area contributed by atoms with Crippen LogP contribution in [0.5, 0.6) is 5.75 Å². The number of hydrazone groups is 1. The molecule has 1 unspecified atom stereocenters. The van der Waals surface area contributed by atoms with E-state index in [9.17, 15) is 0 Å². The number of halogens is 1. The second-order valence-corrected chi connectivity index (χ2v) is 11.1. The predicted molar refractivity (Wildman–Crippen MR) is 150 cm³/mol. The van der Waals surface area contributed by atoms with Gasteiger partial charge in [-0.25, -0.2) is 0 Å². The lowest BCUT2D eigenvalue weighted by atomic mass is 9.97. The molecule has 3 aromatic rings. The van der Waals surface area contributed by atoms with Gasteiger partial charge in [0.15, 0.2) is 0 Å². The van der Waals surface area contributed by atoms with Gasteiger partial charge in [-0.05, 0) is 68.0 Å². The molecule has 1 fully saturated rings. The Kier molecular flexibility index (Phi) is 8.17. The van der Waals surface area contributed by atoms with Gasteiger partial charge in [-0.1, -0.05) is 53.7 Å². The average molecular weight is 521 g/mol. The second kappa shape index (κ2) is 11.7. The van der Waals surface area contributed by atoms with Gasteiger partial charge in [-0.2, -0.15) is 5.10 Å². The number of piperazine rings is 1. The lowest BCUT2D eigenvalue weighted by Crippen LogP contribution is -2.46. The molecule has 0 aliphatic carbocycles. The van der Waals surface area contributed by atoms with Crippen LogP contribution in [0.15, 0.2) is 81.6 Å². The molecule has 0 spiro atoms. The minimum absolute atomic E-state index is 0.312. The molecule has 3 aromatic carbocycles. The van der Waals surface area contributed by atoms with Crippen molar-refractivity contribution < 1.29 is 4.74 Å². The highest BCUT2D eigenvalue weighted by Gasteiger charge is 2.30. The highest BCUT2D eigenvalue weighted by Crippen LogP contribution is 2.43. The molecule has 2 heterocycles. The first-order valence-electron chi connectivity index (χ1n) is 12.5. The summed E-state index contributed by atoms with van der Waals surface area (Å²) in [5.74, 6) is 0.879. The summed E-state index contributed by atoms with van der Waals surface area (Å²) in [7, 11) is 4.10. The fourth-order valence-electron chi connectivity index (χ4n) is 4.75. The van der Waals surface area contributed by atoms with Crippen molar-refractivity contribution >= 4 is 29.6 Å². The van der Waals surface area contributed by atoms with E-state index >= 15 is 0 Å². The zero-order chi connectivity index (χ0) is 24.9. The van der Waals surface area contributed by atoms with Crippen molar-refractivity contribution in [2.45, 2.75) is 22.3 Å². The Morgan fingerprint density at radius 1 is 1.00 bits per heavy atom. The van der Waals surface area contributed by atoms with E-state index in [1.165, 1.54) is 20.9 Å². The zero-order valence-corrected chi connectivity index (χ0v) is 22.5. The summed E-state index contributed by atoms with van der Waals surface area (Å²) < 4.78 is 6.00. The zero-order valence-electron chi connectivity index (χ0n) is 20.9. The van der Waals surface area contributed by atoms with Crippen LogP contribution in [-0.2, 0) is 6.42 Å². The highest BCUT2D eigenvalue weighted by molar-refractivity contribution is 7.99. The van der Waals surface area contributed by atoms with Crippen LogP contribution in [0.4, 0.5) is 0 Å². The number of rotatable bonds is 7. The fraction of sp³-hybridized carbons (Fsp3) is 0.345. The maximum atomic E-state index is 6.46. The van der Waals surface area contributed by atoms with Crippen LogP contribution in [0.3, 0.4) is 0 Å². The van der Waals surface area contributed by atoms with E-state index in [2.05, 4.69) is 71.4 Å². The van der Waals surface area contributed by atoms with E-state index in [0.717, 1.165) is 55.5 Å². The number of fused-ring (bicyclic) bond motifs is 2. The highest BCUT2D eigenvalue weighted by atomic mass is 35.5. The Bertz CT molecular complexity index is 1210. The molecule has 0 saturated carbocycles. The first-order chi connectivity index (χ1) is 17.6. The monoisotopic (exact) mass is 520 g/mol. The maximum Gasteiger partial charge on any atom is 0.128 e. The number of para-hydroxylation sites is 1. The molecule has 0 amide bonds. The molecule has 1 saturated heterocycles.